The molecule has 100 valence electrons. The second-order valence-corrected chi connectivity index (χ2v) is 5.38. The van der Waals surface area contributed by atoms with Crippen molar-refractivity contribution < 1.29 is 4.79 Å². The SMILES string of the molecule is CCCCCC(=O)NCC1CCC(CN)CC1. The highest BCUT2D eigenvalue weighted by atomic mass is 16.1. The van der Waals surface area contributed by atoms with Gasteiger partial charge in [-0.25, -0.2) is 0 Å². The van der Waals surface area contributed by atoms with Gasteiger partial charge in [0.05, 0.1) is 0 Å². The second-order valence-electron chi connectivity index (χ2n) is 5.38. The van der Waals surface area contributed by atoms with Crippen molar-refractivity contribution in [2.75, 3.05) is 13.1 Å². The summed E-state index contributed by atoms with van der Waals surface area (Å²) in [5, 5.41) is 3.07. The van der Waals surface area contributed by atoms with Crippen molar-refractivity contribution in [2.45, 2.75) is 58.3 Å². The lowest BCUT2D eigenvalue weighted by Crippen LogP contribution is -2.32. The lowest BCUT2D eigenvalue weighted by molar-refractivity contribution is -0.121. The Hall–Kier alpha value is -0.570. The van der Waals surface area contributed by atoms with Gasteiger partial charge in [0, 0.05) is 13.0 Å². The molecule has 0 aliphatic heterocycles. The standard InChI is InChI=1S/C14H28N2O/c1-2-3-4-5-14(17)16-11-13-8-6-12(10-15)7-9-13/h12-13H,2-11,15H2,1H3,(H,16,17). The van der Waals surface area contributed by atoms with E-state index in [0.717, 1.165) is 31.8 Å². The Kier molecular flexibility index (Phi) is 7.25. The Morgan fingerprint density at radius 3 is 2.41 bits per heavy atom. The lowest BCUT2D eigenvalue weighted by Gasteiger charge is -2.27. The van der Waals surface area contributed by atoms with Crippen molar-refractivity contribution in [3.63, 3.8) is 0 Å². The molecule has 17 heavy (non-hydrogen) atoms. The van der Waals surface area contributed by atoms with Crippen molar-refractivity contribution in [3.8, 4) is 0 Å². The summed E-state index contributed by atoms with van der Waals surface area (Å²) in [5.74, 6) is 1.65. The molecule has 1 amide bonds. The zero-order valence-corrected chi connectivity index (χ0v) is 11.2. The van der Waals surface area contributed by atoms with Gasteiger partial charge in [0.25, 0.3) is 0 Å². The molecule has 0 radical (unpaired) electrons. The maximum absolute atomic E-state index is 11.5. The van der Waals surface area contributed by atoms with Crippen LogP contribution in [-0.4, -0.2) is 19.0 Å². The number of nitrogens with one attached hydrogen (secondary N) is 1. The van der Waals surface area contributed by atoms with Crippen LogP contribution in [0.3, 0.4) is 0 Å². The van der Waals surface area contributed by atoms with E-state index in [0.29, 0.717) is 12.3 Å². The molecule has 0 saturated heterocycles. The van der Waals surface area contributed by atoms with Crippen LogP contribution in [0.25, 0.3) is 0 Å². The summed E-state index contributed by atoms with van der Waals surface area (Å²) in [4.78, 5) is 11.5. The predicted octanol–water partition coefficient (Wildman–Crippen LogP) is 2.45. The zero-order chi connectivity index (χ0) is 12.5. The highest BCUT2D eigenvalue weighted by Crippen LogP contribution is 2.27. The number of nitrogens with two attached hydrogens (primary N) is 1. The number of rotatable bonds is 7. The smallest absolute Gasteiger partial charge is 0.220 e. The number of amides is 1. The van der Waals surface area contributed by atoms with Crippen LogP contribution < -0.4 is 11.1 Å². The summed E-state index contributed by atoms with van der Waals surface area (Å²) >= 11 is 0. The van der Waals surface area contributed by atoms with Crippen molar-refractivity contribution >= 4 is 5.91 Å². The topological polar surface area (TPSA) is 55.1 Å². The summed E-state index contributed by atoms with van der Waals surface area (Å²) in [6, 6.07) is 0. The molecular weight excluding hydrogens is 212 g/mol. The molecule has 1 aliphatic rings. The van der Waals surface area contributed by atoms with Crippen molar-refractivity contribution in [1.82, 2.24) is 5.32 Å². The Labute approximate surface area is 106 Å². The minimum absolute atomic E-state index is 0.236. The van der Waals surface area contributed by atoms with E-state index in [2.05, 4.69) is 12.2 Å². The summed E-state index contributed by atoms with van der Waals surface area (Å²) in [5.41, 5.74) is 5.67. The molecule has 1 fully saturated rings. The Morgan fingerprint density at radius 1 is 1.18 bits per heavy atom. The first kappa shape index (κ1) is 14.5. The quantitative estimate of drug-likeness (QED) is 0.672. The largest absolute Gasteiger partial charge is 0.356 e. The van der Waals surface area contributed by atoms with Gasteiger partial charge in [-0.05, 0) is 50.5 Å². The van der Waals surface area contributed by atoms with Crippen LogP contribution in [-0.2, 0) is 4.79 Å². The molecule has 0 spiro atoms. The third kappa shape index (κ3) is 6.06. The molecule has 3 N–H and O–H groups in total. The normalized spacial score (nSPS) is 24.6. The molecule has 0 unspecified atom stereocenters. The van der Waals surface area contributed by atoms with Gasteiger partial charge < -0.3 is 11.1 Å². The fourth-order valence-electron chi connectivity index (χ4n) is 2.55. The van der Waals surface area contributed by atoms with Gasteiger partial charge in [-0.3, -0.25) is 4.79 Å². The Bertz CT molecular complexity index is 210. The second kappa shape index (κ2) is 8.51. The number of hydrogen-bond acceptors (Lipinski definition) is 2. The molecule has 0 aromatic heterocycles. The monoisotopic (exact) mass is 240 g/mol. The van der Waals surface area contributed by atoms with Crippen LogP contribution in [0.4, 0.5) is 0 Å². The van der Waals surface area contributed by atoms with Gasteiger partial charge >= 0.3 is 0 Å². The van der Waals surface area contributed by atoms with Crippen molar-refractivity contribution in [1.29, 1.82) is 0 Å². The summed E-state index contributed by atoms with van der Waals surface area (Å²) in [6.45, 7) is 3.87. The summed E-state index contributed by atoms with van der Waals surface area (Å²) in [7, 11) is 0. The molecular formula is C14H28N2O. The molecule has 1 aliphatic carbocycles. The molecule has 3 heteroatoms. The van der Waals surface area contributed by atoms with Gasteiger partial charge in [0.1, 0.15) is 0 Å². The van der Waals surface area contributed by atoms with Gasteiger partial charge in [0.15, 0.2) is 0 Å². The van der Waals surface area contributed by atoms with E-state index < -0.39 is 0 Å². The third-order valence-corrected chi connectivity index (χ3v) is 3.89. The Balaban J connectivity index is 2.04. The van der Waals surface area contributed by atoms with Gasteiger partial charge in [-0.1, -0.05) is 19.8 Å². The third-order valence-electron chi connectivity index (χ3n) is 3.89. The summed E-state index contributed by atoms with van der Waals surface area (Å²) in [6.07, 6.45) is 9.02. The predicted molar refractivity (Wildman–Crippen MR) is 71.7 cm³/mol. The molecule has 1 rings (SSSR count). The van der Waals surface area contributed by atoms with E-state index in [4.69, 9.17) is 5.73 Å². The van der Waals surface area contributed by atoms with E-state index in [1.807, 2.05) is 0 Å². The first-order valence-electron chi connectivity index (χ1n) is 7.23. The highest BCUT2D eigenvalue weighted by molar-refractivity contribution is 5.75. The first-order chi connectivity index (χ1) is 8.26. The summed E-state index contributed by atoms with van der Waals surface area (Å²) < 4.78 is 0. The van der Waals surface area contributed by atoms with Crippen LogP contribution in [0.15, 0.2) is 0 Å². The van der Waals surface area contributed by atoms with Gasteiger partial charge in [0.2, 0.25) is 5.91 Å². The highest BCUT2D eigenvalue weighted by Gasteiger charge is 2.20. The van der Waals surface area contributed by atoms with Gasteiger partial charge in [-0.2, -0.15) is 0 Å². The fraction of sp³-hybridized carbons (Fsp3) is 0.929. The molecule has 0 atom stereocenters. The number of carbonyl (C=O) groups is 1. The van der Waals surface area contributed by atoms with Crippen LogP contribution in [0.2, 0.25) is 0 Å². The lowest BCUT2D eigenvalue weighted by atomic mass is 9.82. The maximum Gasteiger partial charge on any atom is 0.220 e. The van der Waals surface area contributed by atoms with Gasteiger partial charge in [-0.15, -0.1) is 0 Å². The zero-order valence-electron chi connectivity index (χ0n) is 11.2. The van der Waals surface area contributed by atoms with E-state index in [1.165, 1.54) is 32.1 Å². The van der Waals surface area contributed by atoms with Crippen molar-refractivity contribution in [3.05, 3.63) is 0 Å². The minimum Gasteiger partial charge on any atom is -0.356 e. The number of carbonyl (C=O) groups excluding carboxylic acids is 1. The van der Waals surface area contributed by atoms with E-state index in [9.17, 15) is 4.79 Å². The van der Waals surface area contributed by atoms with Crippen LogP contribution in [0.5, 0.6) is 0 Å². The molecule has 3 nitrogen and oxygen atoms in total. The van der Waals surface area contributed by atoms with E-state index >= 15 is 0 Å². The Morgan fingerprint density at radius 2 is 1.82 bits per heavy atom. The minimum atomic E-state index is 0.236. The number of unbranched alkanes of at least 4 members (excludes halogenated alkanes) is 2. The average molecular weight is 240 g/mol. The van der Waals surface area contributed by atoms with Crippen LogP contribution in [0, 0.1) is 11.8 Å². The van der Waals surface area contributed by atoms with Crippen molar-refractivity contribution in [2.24, 2.45) is 17.6 Å². The average Bonchev–Trinajstić information content (AvgIpc) is 2.37. The van der Waals surface area contributed by atoms with Crippen LogP contribution in [0.1, 0.15) is 58.3 Å². The fourth-order valence-corrected chi connectivity index (χ4v) is 2.55. The molecule has 0 aromatic rings. The molecule has 1 saturated carbocycles. The number of hydrogen-bond donors (Lipinski definition) is 2. The van der Waals surface area contributed by atoms with E-state index in [-0.39, 0.29) is 5.91 Å². The first-order valence-corrected chi connectivity index (χ1v) is 7.23. The molecule has 0 bridgehead atoms. The molecule has 0 aromatic carbocycles. The van der Waals surface area contributed by atoms with E-state index in [1.54, 1.807) is 0 Å². The van der Waals surface area contributed by atoms with Crippen LogP contribution >= 0.6 is 0 Å². The maximum atomic E-state index is 11.5. The molecule has 0 heterocycles.